The van der Waals surface area contributed by atoms with Crippen molar-refractivity contribution < 1.29 is 21.6 Å². The van der Waals surface area contributed by atoms with Gasteiger partial charge in [-0.2, -0.15) is 0 Å². The molecule has 1 heterocycles. The number of hydrogen-bond acceptors (Lipinski definition) is 6. The van der Waals surface area contributed by atoms with E-state index < -0.39 is 19.9 Å². The number of benzene rings is 1. The Kier molecular flexibility index (Phi) is 7.24. The normalized spacial score (nSPS) is 19.3. The standard InChI is InChI=1S/C18H29N3O5S2/c1-5-9-21(16-8-10-27(23,24)13-16)12-18(22)19-15-7-6-14(2)17(11-15)28(25,26)20(3)4/h6-7,11,16H,5,8-10,12-13H2,1-4H3,(H,19,22). The third kappa shape index (κ3) is 5.53. The maximum absolute atomic E-state index is 12.5. The van der Waals surface area contributed by atoms with Crippen LogP contribution in [0.15, 0.2) is 23.1 Å². The highest BCUT2D eigenvalue weighted by Gasteiger charge is 2.32. The van der Waals surface area contributed by atoms with Gasteiger partial charge < -0.3 is 5.32 Å². The Morgan fingerprint density at radius 3 is 2.50 bits per heavy atom. The fourth-order valence-electron chi connectivity index (χ4n) is 3.28. The van der Waals surface area contributed by atoms with Crippen molar-refractivity contribution in [2.24, 2.45) is 0 Å². The molecule has 1 aliphatic heterocycles. The summed E-state index contributed by atoms with van der Waals surface area (Å²) in [6.07, 6.45) is 1.34. The number of aryl methyl sites for hydroxylation is 1. The van der Waals surface area contributed by atoms with E-state index in [2.05, 4.69) is 5.32 Å². The highest BCUT2D eigenvalue weighted by atomic mass is 32.2. The molecule has 1 N–H and O–H groups in total. The Morgan fingerprint density at radius 2 is 1.96 bits per heavy atom. The summed E-state index contributed by atoms with van der Waals surface area (Å²) < 4.78 is 49.5. The molecule has 2 rings (SSSR count). The van der Waals surface area contributed by atoms with Gasteiger partial charge in [0.2, 0.25) is 15.9 Å². The quantitative estimate of drug-likeness (QED) is 0.661. The minimum Gasteiger partial charge on any atom is -0.325 e. The van der Waals surface area contributed by atoms with Gasteiger partial charge >= 0.3 is 0 Å². The molecule has 1 aromatic rings. The largest absolute Gasteiger partial charge is 0.325 e. The Morgan fingerprint density at radius 1 is 1.29 bits per heavy atom. The van der Waals surface area contributed by atoms with Crippen molar-refractivity contribution in [3.05, 3.63) is 23.8 Å². The van der Waals surface area contributed by atoms with E-state index in [0.717, 1.165) is 10.7 Å². The Bertz CT molecular complexity index is 927. The summed E-state index contributed by atoms with van der Waals surface area (Å²) in [6, 6.07) is 4.61. The smallest absolute Gasteiger partial charge is 0.242 e. The predicted molar refractivity (Wildman–Crippen MR) is 110 cm³/mol. The van der Waals surface area contributed by atoms with E-state index in [1.807, 2.05) is 11.8 Å². The van der Waals surface area contributed by atoms with Crippen LogP contribution in [0.2, 0.25) is 0 Å². The Labute approximate surface area is 167 Å². The van der Waals surface area contributed by atoms with Crippen LogP contribution in [0.5, 0.6) is 0 Å². The zero-order valence-corrected chi connectivity index (χ0v) is 18.4. The molecule has 1 unspecified atom stereocenters. The predicted octanol–water partition coefficient (Wildman–Crippen LogP) is 1.08. The van der Waals surface area contributed by atoms with Gasteiger partial charge in [0.15, 0.2) is 9.84 Å². The van der Waals surface area contributed by atoms with E-state index in [1.54, 1.807) is 19.1 Å². The van der Waals surface area contributed by atoms with E-state index >= 15 is 0 Å². The molecular weight excluding hydrogens is 402 g/mol. The van der Waals surface area contributed by atoms with Gasteiger partial charge in [-0.25, -0.2) is 21.1 Å². The van der Waals surface area contributed by atoms with Crippen molar-refractivity contribution in [1.82, 2.24) is 9.21 Å². The average Bonchev–Trinajstić information content (AvgIpc) is 2.95. The van der Waals surface area contributed by atoms with Crippen molar-refractivity contribution in [3.8, 4) is 0 Å². The third-order valence-corrected chi connectivity index (χ3v) is 8.52. The second kappa shape index (κ2) is 8.89. The number of hydrogen-bond donors (Lipinski definition) is 1. The molecule has 1 fully saturated rings. The number of sulfonamides is 1. The molecule has 1 aromatic carbocycles. The number of nitrogens with one attached hydrogen (secondary N) is 1. The highest BCUT2D eigenvalue weighted by molar-refractivity contribution is 7.91. The molecular formula is C18H29N3O5S2. The number of carbonyl (C=O) groups excluding carboxylic acids is 1. The van der Waals surface area contributed by atoms with Crippen LogP contribution in [0.1, 0.15) is 25.3 Å². The van der Waals surface area contributed by atoms with E-state index in [-0.39, 0.29) is 34.9 Å². The first-order valence-corrected chi connectivity index (χ1v) is 12.5. The van der Waals surface area contributed by atoms with E-state index in [1.165, 1.54) is 20.2 Å². The highest BCUT2D eigenvalue weighted by Crippen LogP contribution is 2.23. The number of anilines is 1. The second-order valence-electron chi connectivity index (χ2n) is 7.34. The van der Waals surface area contributed by atoms with Crippen molar-refractivity contribution >= 4 is 31.5 Å². The van der Waals surface area contributed by atoms with Crippen molar-refractivity contribution in [3.63, 3.8) is 0 Å². The topological polar surface area (TPSA) is 104 Å². The molecule has 0 radical (unpaired) electrons. The van der Waals surface area contributed by atoms with Gasteiger partial charge in [0.05, 0.1) is 22.9 Å². The number of nitrogens with zero attached hydrogens (tertiary/aromatic N) is 2. The molecule has 10 heteroatoms. The zero-order chi connectivity index (χ0) is 21.1. The van der Waals surface area contributed by atoms with E-state index in [0.29, 0.717) is 24.2 Å². The minimum atomic E-state index is -3.62. The first kappa shape index (κ1) is 22.8. The molecule has 1 saturated heterocycles. The maximum Gasteiger partial charge on any atom is 0.242 e. The molecule has 1 atom stereocenters. The van der Waals surface area contributed by atoms with Gasteiger partial charge in [0.1, 0.15) is 0 Å². The number of carbonyl (C=O) groups is 1. The number of sulfone groups is 1. The summed E-state index contributed by atoms with van der Waals surface area (Å²) in [5.41, 5.74) is 0.988. The van der Waals surface area contributed by atoms with E-state index in [9.17, 15) is 21.6 Å². The summed E-state index contributed by atoms with van der Waals surface area (Å²) in [7, 11) is -3.74. The lowest BCUT2D eigenvalue weighted by molar-refractivity contribution is -0.117. The maximum atomic E-state index is 12.5. The van der Waals surface area contributed by atoms with E-state index in [4.69, 9.17) is 0 Å². The lowest BCUT2D eigenvalue weighted by atomic mass is 10.2. The molecule has 0 bridgehead atoms. The minimum absolute atomic E-state index is 0.0671. The molecule has 0 saturated carbocycles. The van der Waals surface area contributed by atoms with Crippen LogP contribution in [0, 0.1) is 6.92 Å². The first-order chi connectivity index (χ1) is 13.0. The van der Waals surface area contributed by atoms with Crippen LogP contribution >= 0.6 is 0 Å². The lowest BCUT2D eigenvalue weighted by Gasteiger charge is -2.27. The van der Waals surface area contributed by atoms with Crippen LogP contribution in [0.4, 0.5) is 5.69 Å². The van der Waals surface area contributed by atoms with Gasteiger partial charge in [-0.05, 0) is 44.0 Å². The third-order valence-electron chi connectivity index (χ3n) is 4.81. The number of rotatable bonds is 8. The van der Waals surface area contributed by atoms with Gasteiger partial charge in [-0.15, -0.1) is 0 Å². The van der Waals surface area contributed by atoms with Crippen LogP contribution in [-0.4, -0.2) is 76.7 Å². The van der Waals surface area contributed by atoms with Gasteiger partial charge in [0, 0.05) is 25.8 Å². The molecule has 8 nitrogen and oxygen atoms in total. The van der Waals surface area contributed by atoms with Gasteiger partial charge in [-0.3, -0.25) is 9.69 Å². The van der Waals surface area contributed by atoms with Crippen LogP contribution in [0.25, 0.3) is 0 Å². The van der Waals surface area contributed by atoms with Crippen molar-refractivity contribution in [2.75, 3.05) is 44.0 Å². The van der Waals surface area contributed by atoms with Gasteiger partial charge in [0.25, 0.3) is 0 Å². The molecule has 1 aliphatic rings. The fraction of sp³-hybridized carbons (Fsp3) is 0.611. The molecule has 0 aliphatic carbocycles. The zero-order valence-electron chi connectivity index (χ0n) is 16.8. The molecule has 158 valence electrons. The summed E-state index contributed by atoms with van der Waals surface area (Å²) >= 11 is 0. The summed E-state index contributed by atoms with van der Waals surface area (Å²) in [5.74, 6) is -0.0611. The molecule has 0 aromatic heterocycles. The number of amides is 1. The summed E-state index contributed by atoms with van der Waals surface area (Å²) in [5, 5.41) is 2.74. The van der Waals surface area contributed by atoms with Crippen LogP contribution in [-0.2, 0) is 24.7 Å². The SMILES string of the molecule is CCCN(CC(=O)Nc1ccc(C)c(S(=O)(=O)N(C)C)c1)C1CCS(=O)(=O)C1. The average molecular weight is 432 g/mol. The monoisotopic (exact) mass is 431 g/mol. The molecule has 0 spiro atoms. The summed E-state index contributed by atoms with van der Waals surface area (Å²) in [4.78, 5) is 14.6. The summed E-state index contributed by atoms with van der Waals surface area (Å²) in [6.45, 7) is 4.37. The van der Waals surface area contributed by atoms with Crippen LogP contribution < -0.4 is 5.32 Å². The van der Waals surface area contributed by atoms with Gasteiger partial charge in [-0.1, -0.05) is 13.0 Å². The van der Waals surface area contributed by atoms with Crippen molar-refractivity contribution in [1.29, 1.82) is 0 Å². The second-order valence-corrected chi connectivity index (χ2v) is 11.7. The lowest BCUT2D eigenvalue weighted by Crippen LogP contribution is -2.42. The van der Waals surface area contributed by atoms with Crippen LogP contribution in [0.3, 0.4) is 0 Å². The van der Waals surface area contributed by atoms with Crippen molar-refractivity contribution in [2.45, 2.75) is 37.6 Å². The first-order valence-electron chi connectivity index (χ1n) is 9.24. The fourth-order valence-corrected chi connectivity index (χ4v) is 6.18. The Hall–Kier alpha value is -1.49. The molecule has 1 amide bonds. The molecule has 28 heavy (non-hydrogen) atoms. The Balaban J connectivity index is 2.13.